The molecule has 0 amide bonds. The number of nitrogens with zero attached hydrogens (tertiary/aromatic N) is 2. The summed E-state index contributed by atoms with van der Waals surface area (Å²) >= 11 is 1.68. The first-order valence-corrected chi connectivity index (χ1v) is 8.00. The van der Waals surface area contributed by atoms with Crippen molar-refractivity contribution in [3.8, 4) is 5.88 Å². The molecule has 114 valence electrons. The third-order valence-electron chi connectivity index (χ3n) is 3.67. The quantitative estimate of drug-likeness (QED) is 0.835. The van der Waals surface area contributed by atoms with Gasteiger partial charge in [0.05, 0.1) is 18.1 Å². The minimum absolute atomic E-state index is 0.420. The van der Waals surface area contributed by atoms with Gasteiger partial charge in [-0.15, -0.1) is 0 Å². The molecule has 0 aliphatic carbocycles. The molecule has 0 bridgehead atoms. The minimum atomic E-state index is 0.420. The molecule has 5 nitrogen and oxygen atoms in total. The van der Waals surface area contributed by atoms with E-state index in [1.54, 1.807) is 18.4 Å². The normalized spacial score (nSPS) is 22.2. The Bertz CT molecular complexity index is 423. The average Bonchev–Trinajstić information content (AvgIpc) is 3.04. The van der Waals surface area contributed by atoms with Gasteiger partial charge in [0.15, 0.2) is 5.13 Å². The summed E-state index contributed by atoms with van der Waals surface area (Å²) in [5.41, 5.74) is 0. The first kappa shape index (κ1) is 15.5. The zero-order valence-corrected chi connectivity index (χ0v) is 13.6. The summed E-state index contributed by atoms with van der Waals surface area (Å²) < 4.78 is 11.1. The summed E-state index contributed by atoms with van der Waals surface area (Å²) in [5, 5.41) is 4.51. The van der Waals surface area contributed by atoms with Gasteiger partial charge in [0.1, 0.15) is 0 Å². The van der Waals surface area contributed by atoms with Crippen LogP contribution in [-0.4, -0.2) is 45.4 Å². The zero-order valence-electron chi connectivity index (χ0n) is 12.8. The molecule has 0 saturated carbocycles. The van der Waals surface area contributed by atoms with Crippen molar-refractivity contribution in [1.29, 1.82) is 0 Å². The predicted molar refractivity (Wildman–Crippen MR) is 82.8 cm³/mol. The van der Waals surface area contributed by atoms with E-state index in [9.17, 15) is 0 Å². The Balaban J connectivity index is 1.87. The van der Waals surface area contributed by atoms with Crippen LogP contribution >= 0.6 is 11.3 Å². The topological polar surface area (TPSA) is 46.6 Å². The van der Waals surface area contributed by atoms with E-state index in [1.165, 1.54) is 0 Å². The van der Waals surface area contributed by atoms with Gasteiger partial charge in [0, 0.05) is 33.8 Å². The number of hydrogen-bond acceptors (Lipinski definition) is 6. The molecule has 0 radical (unpaired) electrons. The second kappa shape index (κ2) is 7.24. The fraction of sp³-hybridized carbons (Fsp3) is 0.786. The highest BCUT2D eigenvalue weighted by molar-refractivity contribution is 7.15. The molecule has 0 spiro atoms. The van der Waals surface area contributed by atoms with Crippen LogP contribution in [0.4, 0.5) is 5.13 Å². The largest absolute Gasteiger partial charge is 0.480 e. The average molecular weight is 299 g/mol. The summed E-state index contributed by atoms with van der Waals surface area (Å²) in [6.45, 7) is 4.90. The van der Waals surface area contributed by atoms with Gasteiger partial charge in [-0.3, -0.25) is 0 Å². The fourth-order valence-corrected chi connectivity index (χ4v) is 3.46. The Hall–Kier alpha value is -0.850. The number of nitrogens with one attached hydrogen (secondary N) is 1. The molecule has 2 atom stereocenters. The van der Waals surface area contributed by atoms with Crippen molar-refractivity contribution in [3.05, 3.63) is 4.88 Å². The maximum atomic E-state index is 5.72. The summed E-state index contributed by atoms with van der Waals surface area (Å²) in [5.74, 6) is 1.37. The summed E-state index contributed by atoms with van der Waals surface area (Å²) in [6, 6.07) is 0. The van der Waals surface area contributed by atoms with Gasteiger partial charge in [-0.05, 0) is 18.8 Å². The van der Waals surface area contributed by atoms with Crippen LogP contribution in [0.1, 0.15) is 24.6 Å². The molecule has 1 aliphatic heterocycles. The number of methoxy groups -OCH3 is 1. The van der Waals surface area contributed by atoms with Crippen molar-refractivity contribution in [3.63, 3.8) is 0 Å². The molecule has 6 heteroatoms. The highest BCUT2D eigenvalue weighted by Gasteiger charge is 2.26. The third kappa shape index (κ3) is 3.62. The molecule has 1 N–H and O–H groups in total. The second-order valence-electron chi connectivity index (χ2n) is 5.32. The van der Waals surface area contributed by atoms with E-state index in [0.29, 0.717) is 12.0 Å². The van der Waals surface area contributed by atoms with Crippen molar-refractivity contribution in [1.82, 2.24) is 10.3 Å². The Morgan fingerprint density at radius 1 is 1.50 bits per heavy atom. The van der Waals surface area contributed by atoms with Gasteiger partial charge >= 0.3 is 0 Å². The van der Waals surface area contributed by atoms with Crippen molar-refractivity contribution >= 4 is 16.5 Å². The predicted octanol–water partition coefficient (Wildman–Crippen LogP) is 2.12. The zero-order chi connectivity index (χ0) is 14.5. The lowest BCUT2D eigenvalue weighted by Crippen LogP contribution is -2.27. The lowest BCUT2D eigenvalue weighted by atomic mass is 10.00. The Morgan fingerprint density at radius 3 is 2.95 bits per heavy atom. The van der Waals surface area contributed by atoms with E-state index in [2.05, 4.69) is 17.2 Å². The van der Waals surface area contributed by atoms with Crippen LogP contribution in [0.5, 0.6) is 5.88 Å². The first-order valence-electron chi connectivity index (χ1n) is 7.19. The Morgan fingerprint density at radius 2 is 2.30 bits per heavy atom. The van der Waals surface area contributed by atoms with E-state index in [0.717, 1.165) is 48.4 Å². The molecule has 2 rings (SSSR count). The van der Waals surface area contributed by atoms with Gasteiger partial charge in [-0.2, -0.15) is 4.98 Å². The second-order valence-corrected chi connectivity index (χ2v) is 6.38. The van der Waals surface area contributed by atoms with Crippen molar-refractivity contribution in [2.75, 3.05) is 39.3 Å². The van der Waals surface area contributed by atoms with Crippen LogP contribution in [0.3, 0.4) is 0 Å². The number of ether oxygens (including phenoxy) is 2. The fourth-order valence-electron chi connectivity index (χ4n) is 2.54. The molecule has 1 saturated heterocycles. The van der Waals surface area contributed by atoms with Crippen molar-refractivity contribution in [2.45, 2.75) is 32.4 Å². The lowest BCUT2D eigenvalue weighted by Gasteiger charge is -2.17. The molecule has 2 heterocycles. The molecule has 0 aromatic carbocycles. The maximum Gasteiger partial charge on any atom is 0.230 e. The highest BCUT2D eigenvalue weighted by atomic mass is 32.1. The maximum absolute atomic E-state index is 5.72. The number of thiazole rings is 1. The number of aromatic nitrogens is 1. The summed E-state index contributed by atoms with van der Waals surface area (Å²) in [6.07, 6.45) is 2.68. The number of anilines is 1. The molecule has 20 heavy (non-hydrogen) atoms. The van der Waals surface area contributed by atoms with Gasteiger partial charge in [-0.1, -0.05) is 18.3 Å². The van der Waals surface area contributed by atoms with Crippen LogP contribution in [0.2, 0.25) is 0 Å². The van der Waals surface area contributed by atoms with E-state index >= 15 is 0 Å². The van der Waals surface area contributed by atoms with Crippen LogP contribution in [0, 0.1) is 5.92 Å². The van der Waals surface area contributed by atoms with Gasteiger partial charge in [-0.25, -0.2) is 0 Å². The third-order valence-corrected chi connectivity index (χ3v) is 4.87. The van der Waals surface area contributed by atoms with E-state index in [4.69, 9.17) is 9.47 Å². The van der Waals surface area contributed by atoms with Crippen LogP contribution in [0.15, 0.2) is 0 Å². The molecular weight excluding hydrogens is 274 g/mol. The van der Waals surface area contributed by atoms with E-state index in [-0.39, 0.29) is 0 Å². The minimum Gasteiger partial charge on any atom is -0.480 e. The number of rotatable bonds is 7. The summed E-state index contributed by atoms with van der Waals surface area (Å²) in [4.78, 5) is 7.63. The first-order chi connectivity index (χ1) is 9.65. The molecule has 2 unspecified atom stereocenters. The van der Waals surface area contributed by atoms with Gasteiger partial charge < -0.3 is 19.7 Å². The SMILES string of the molecule is CCC1OCCC1CNCc1sc(N(C)C)nc1OC. The Labute approximate surface area is 125 Å². The molecule has 1 aromatic rings. The number of hydrogen-bond donors (Lipinski definition) is 1. The van der Waals surface area contributed by atoms with Crippen molar-refractivity contribution in [2.24, 2.45) is 5.92 Å². The molecule has 1 fully saturated rings. The van der Waals surface area contributed by atoms with Gasteiger partial charge in [0.25, 0.3) is 0 Å². The van der Waals surface area contributed by atoms with E-state index in [1.807, 2.05) is 19.0 Å². The van der Waals surface area contributed by atoms with Crippen molar-refractivity contribution < 1.29 is 9.47 Å². The van der Waals surface area contributed by atoms with Crippen LogP contribution in [0.25, 0.3) is 0 Å². The van der Waals surface area contributed by atoms with Gasteiger partial charge in [0.2, 0.25) is 5.88 Å². The molecular formula is C14H25N3O2S. The molecule has 1 aromatic heterocycles. The van der Waals surface area contributed by atoms with Crippen LogP contribution < -0.4 is 15.0 Å². The Kier molecular flexibility index (Phi) is 5.63. The lowest BCUT2D eigenvalue weighted by molar-refractivity contribution is 0.0872. The highest BCUT2D eigenvalue weighted by Crippen LogP contribution is 2.30. The molecule has 1 aliphatic rings. The standard InChI is InChI=1S/C14H25N3O2S/c1-5-11-10(6-7-19-11)8-15-9-12-13(18-4)16-14(20-12)17(2)3/h10-11,15H,5-9H2,1-4H3. The van der Waals surface area contributed by atoms with E-state index < -0.39 is 0 Å². The van der Waals surface area contributed by atoms with Crippen LogP contribution in [-0.2, 0) is 11.3 Å². The monoisotopic (exact) mass is 299 g/mol. The smallest absolute Gasteiger partial charge is 0.230 e. The summed E-state index contributed by atoms with van der Waals surface area (Å²) in [7, 11) is 5.67.